The Kier molecular flexibility index (Phi) is 3.67. The van der Waals surface area contributed by atoms with Gasteiger partial charge in [-0.05, 0) is 42.5 Å². The van der Waals surface area contributed by atoms with E-state index in [4.69, 9.17) is 11.6 Å². The Bertz CT molecular complexity index is 1070. The molecule has 3 aliphatic heterocycles. The predicted molar refractivity (Wildman–Crippen MR) is 101 cm³/mol. The molecular formula is C21H14ClFN2O3. The highest BCUT2D eigenvalue weighted by Crippen LogP contribution is 2.47. The molecule has 0 bridgehead atoms. The molecule has 0 saturated carbocycles. The van der Waals surface area contributed by atoms with E-state index >= 15 is 0 Å². The van der Waals surface area contributed by atoms with Crippen molar-refractivity contribution in [1.82, 2.24) is 5.32 Å². The third-order valence-corrected chi connectivity index (χ3v) is 5.96. The lowest BCUT2D eigenvalue weighted by Crippen LogP contribution is -2.47. The van der Waals surface area contributed by atoms with Crippen molar-refractivity contribution in [2.75, 3.05) is 4.90 Å². The SMILES string of the molecule is O=C1NC(=O)[C@@H]2[C@@H]1[C@@H](C(=O)c1ccc(Cl)cc1)N1c3ccc(F)cc3C=C[C@@H]21. The Morgan fingerprint density at radius 1 is 1.04 bits per heavy atom. The van der Waals surface area contributed by atoms with Crippen molar-refractivity contribution in [2.45, 2.75) is 12.1 Å². The van der Waals surface area contributed by atoms with E-state index in [0.29, 0.717) is 21.8 Å². The van der Waals surface area contributed by atoms with Gasteiger partial charge in [0.15, 0.2) is 5.78 Å². The minimum absolute atomic E-state index is 0.274. The molecule has 3 heterocycles. The van der Waals surface area contributed by atoms with Crippen molar-refractivity contribution in [1.29, 1.82) is 0 Å². The fourth-order valence-corrected chi connectivity index (χ4v) is 4.67. The van der Waals surface area contributed by atoms with E-state index < -0.39 is 35.6 Å². The molecule has 0 radical (unpaired) electrons. The van der Waals surface area contributed by atoms with Crippen LogP contribution in [0.1, 0.15) is 15.9 Å². The van der Waals surface area contributed by atoms with Crippen LogP contribution in [-0.2, 0) is 9.59 Å². The van der Waals surface area contributed by atoms with Crippen LogP contribution in [-0.4, -0.2) is 29.7 Å². The predicted octanol–water partition coefficient (Wildman–Crippen LogP) is 2.83. The highest BCUT2D eigenvalue weighted by atomic mass is 35.5. The number of benzene rings is 2. The Labute approximate surface area is 164 Å². The fourth-order valence-electron chi connectivity index (χ4n) is 4.55. The molecule has 0 unspecified atom stereocenters. The molecule has 140 valence electrons. The Balaban J connectivity index is 1.66. The third kappa shape index (κ3) is 2.34. The normalized spacial score (nSPS) is 27.3. The molecule has 2 saturated heterocycles. The summed E-state index contributed by atoms with van der Waals surface area (Å²) >= 11 is 5.92. The lowest BCUT2D eigenvalue weighted by molar-refractivity contribution is -0.126. The zero-order chi connectivity index (χ0) is 19.6. The van der Waals surface area contributed by atoms with Crippen molar-refractivity contribution in [3.05, 3.63) is 70.5 Å². The maximum Gasteiger partial charge on any atom is 0.233 e. The van der Waals surface area contributed by atoms with Gasteiger partial charge in [-0.15, -0.1) is 0 Å². The van der Waals surface area contributed by atoms with Crippen molar-refractivity contribution < 1.29 is 18.8 Å². The third-order valence-electron chi connectivity index (χ3n) is 5.71. The monoisotopic (exact) mass is 396 g/mol. The molecule has 0 aromatic heterocycles. The summed E-state index contributed by atoms with van der Waals surface area (Å²) in [6, 6.07) is 9.40. The van der Waals surface area contributed by atoms with E-state index in [-0.39, 0.29) is 11.7 Å². The summed E-state index contributed by atoms with van der Waals surface area (Å²) in [5, 5.41) is 2.85. The number of fused-ring (bicyclic) bond motifs is 5. The molecule has 2 fully saturated rings. The fraction of sp³-hybridized carbons (Fsp3) is 0.190. The largest absolute Gasteiger partial charge is 0.352 e. The maximum atomic E-state index is 13.7. The standard InChI is InChI=1S/C21H14ClFN2O3/c22-12-4-1-10(2-5-12)19(26)18-17-16(20(27)24-21(17)28)15-7-3-11-9-13(23)6-8-14(11)25(15)18/h1-9,15-18H,(H,24,27,28)/t15-,16-,17+,18-/m0/s1. The van der Waals surface area contributed by atoms with Crippen LogP contribution >= 0.6 is 11.6 Å². The molecule has 28 heavy (non-hydrogen) atoms. The smallest absolute Gasteiger partial charge is 0.233 e. The molecule has 0 aliphatic carbocycles. The number of carbonyl (C=O) groups excluding carboxylic acids is 3. The molecule has 2 aromatic rings. The first-order chi connectivity index (χ1) is 13.5. The van der Waals surface area contributed by atoms with Crippen LogP contribution < -0.4 is 10.2 Å². The second-order valence-electron chi connectivity index (χ2n) is 7.18. The number of hydrogen-bond acceptors (Lipinski definition) is 4. The number of carbonyl (C=O) groups is 3. The van der Waals surface area contributed by atoms with Gasteiger partial charge in [0.1, 0.15) is 11.9 Å². The Hall–Kier alpha value is -2.99. The van der Waals surface area contributed by atoms with Gasteiger partial charge in [-0.1, -0.05) is 23.8 Å². The second-order valence-corrected chi connectivity index (χ2v) is 7.62. The number of imide groups is 1. The van der Waals surface area contributed by atoms with E-state index in [9.17, 15) is 18.8 Å². The van der Waals surface area contributed by atoms with Gasteiger partial charge in [0.25, 0.3) is 0 Å². The summed E-state index contributed by atoms with van der Waals surface area (Å²) in [6.45, 7) is 0. The maximum absolute atomic E-state index is 13.7. The lowest BCUT2D eigenvalue weighted by atomic mass is 9.86. The zero-order valence-corrected chi connectivity index (χ0v) is 15.2. The first-order valence-corrected chi connectivity index (χ1v) is 9.24. The van der Waals surface area contributed by atoms with Gasteiger partial charge in [0.05, 0.1) is 17.9 Å². The van der Waals surface area contributed by atoms with Gasteiger partial charge in [-0.3, -0.25) is 19.7 Å². The number of ketones is 1. The minimum Gasteiger partial charge on any atom is -0.352 e. The van der Waals surface area contributed by atoms with Crippen molar-refractivity contribution in [3.63, 3.8) is 0 Å². The van der Waals surface area contributed by atoms with E-state index in [2.05, 4.69) is 5.32 Å². The topological polar surface area (TPSA) is 66.5 Å². The van der Waals surface area contributed by atoms with Gasteiger partial charge in [-0.2, -0.15) is 0 Å². The zero-order valence-electron chi connectivity index (χ0n) is 14.4. The van der Waals surface area contributed by atoms with Crippen molar-refractivity contribution >= 4 is 41.0 Å². The highest BCUT2D eigenvalue weighted by Gasteiger charge is 2.61. The molecule has 0 spiro atoms. The van der Waals surface area contributed by atoms with Gasteiger partial charge < -0.3 is 4.90 Å². The number of Topliss-reactive ketones (excluding diaryl/α,β-unsaturated/α-hetero) is 1. The number of anilines is 1. The molecule has 3 aliphatic rings. The first kappa shape index (κ1) is 17.1. The van der Waals surface area contributed by atoms with Gasteiger partial charge >= 0.3 is 0 Å². The molecule has 5 rings (SSSR count). The van der Waals surface area contributed by atoms with Gasteiger partial charge in [-0.25, -0.2) is 4.39 Å². The summed E-state index contributed by atoms with van der Waals surface area (Å²) in [7, 11) is 0. The summed E-state index contributed by atoms with van der Waals surface area (Å²) in [5.74, 6) is -2.97. The average molecular weight is 397 g/mol. The molecule has 2 amide bonds. The lowest BCUT2D eigenvalue weighted by Gasteiger charge is -2.35. The van der Waals surface area contributed by atoms with Crippen LogP contribution in [0.15, 0.2) is 48.5 Å². The van der Waals surface area contributed by atoms with E-state index in [1.54, 1.807) is 47.4 Å². The Morgan fingerprint density at radius 2 is 1.75 bits per heavy atom. The summed E-state index contributed by atoms with van der Waals surface area (Å²) in [4.78, 5) is 40.2. The van der Waals surface area contributed by atoms with Crippen LogP contribution in [0.3, 0.4) is 0 Å². The van der Waals surface area contributed by atoms with Crippen LogP contribution in [0.2, 0.25) is 5.02 Å². The van der Waals surface area contributed by atoms with Crippen LogP contribution in [0.25, 0.3) is 6.08 Å². The van der Waals surface area contributed by atoms with E-state index in [1.165, 1.54) is 12.1 Å². The highest BCUT2D eigenvalue weighted by molar-refractivity contribution is 6.30. The van der Waals surface area contributed by atoms with Crippen LogP contribution in [0.4, 0.5) is 10.1 Å². The van der Waals surface area contributed by atoms with E-state index in [0.717, 1.165) is 0 Å². The minimum atomic E-state index is -0.864. The molecule has 5 nitrogen and oxygen atoms in total. The van der Waals surface area contributed by atoms with Crippen LogP contribution in [0.5, 0.6) is 0 Å². The molecule has 2 aromatic carbocycles. The molecule has 7 heteroatoms. The van der Waals surface area contributed by atoms with Crippen molar-refractivity contribution in [2.24, 2.45) is 11.8 Å². The molecule has 4 atom stereocenters. The molecular weight excluding hydrogens is 383 g/mol. The van der Waals surface area contributed by atoms with Gasteiger partial charge in [0, 0.05) is 21.8 Å². The average Bonchev–Trinajstić information content (AvgIpc) is 3.17. The number of hydrogen-bond donors (Lipinski definition) is 1. The van der Waals surface area contributed by atoms with Crippen molar-refractivity contribution in [3.8, 4) is 0 Å². The quantitative estimate of drug-likeness (QED) is 0.626. The van der Waals surface area contributed by atoms with Crippen LogP contribution in [0, 0.1) is 17.7 Å². The summed E-state index contributed by atoms with van der Waals surface area (Å²) in [6.07, 6.45) is 3.51. The number of nitrogens with zero attached hydrogens (tertiary/aromatic N) is 1. The molecule has 1 N–H and O–H groups in total. The number of amides is 2. The number of halogens is 2. The summed E-state index contributed by atoms with van der Waals surface area (Å²) < 4.78 is 13.7. The number of rotatable bonds is 2. The second kappa shape index (κ2) is 6.01. The number of nitrogens with one attached hydrogen (secondary N) is 1. The van der Waals surface area contributed by atoms with Gasteiger partial charge in [0.2, 0.25) is 11.8 Å². The first-order valence-electron chi connectivity index (χ1n) is 8.86. The van der Waals surface area contributed by atoms with E-state index in [1.807, 2.05) is 0 Å². The Morgan fingerprint density at radius 3 is 2.50 bits per heavy atom. The summed E-state index contributed by atoms with van der Waals surface area (Å²) in [5.41, 5.74) is 1.65.